The number of ether oxygens (including phenoxy) is 11. The van der Waals surface area contributed by atoms with Crippen LogP contribution in [0.5, 0.6) is 80.5 Å². The zero-order valence-corrected chi connectivity index (χ0v) is 65.4. The molecule has 0 aliphatic heterocycles. The molecule has 0 aliphatic carbocycles. The quantitative estimate of drug-likeness (QED) is 0.0289. The number of alkyl halides is 12. The van der Waals surface area contributed by atoms with Gasteiger partial charge in [-0.1, -0.05) is 101 Å². The molecular formula is C88H72BrF12NO18. The molecule has 0 spiro atoms. The van der Waals surface area contributed by atoms with Gasteiger partial charge < -0.3 is 67.4 Å². The molecule has 0 bridgehead atoms. The molecule has 0 saturated heterocycles. The number of benzene rings is 11. The lowest BCUT2D eigenvalue weighted by Gasteiger charge is -2.16. The fourth-order valence-electron chi connectivity index (χ4n) is 10.6. The van der Waals surface area contributed by atoms with E-state index in [4.69, 9.17) is 48.1 Å². The standard InChI is InChI=1S/C24H16F3NO4.C24H21F3O5.C16H13F3O4.C15H12BrF3O2.C9H10O3/c25-24(26,27)20-13-18(31-17-5-1-3-15(11-17)12-23(29)30)7-8-22(20)32-21-6-2-4-16-9-10-28-14-19(16)21;1-29-18-8-6-16(7-9-18)15-31-22-11-10-20(14-21(22)24(25,26)27)32-19-5-3-4-17(12-19)13-23(28)30-2;1-22-15(21)8-10-3-2-4-11(7-10)23-12-5-6-14(20)13(9-12)16(17,18)19;1-20-12-5-2-10(3-6-12)9-21-14-7-4-11(16)8-13(14)15(17,18)19;1-12-9(11)6-7-3-2-4-8(10)5-7/h1-11,13-14H,12H2,(H,29,30);3-12,14H,13,15H2,1-2H3;2-7,9,20H,8H2,1H3;2-8H,9H2,1H3;2-5,10H,6H2,1H3. The molecule has 0 radical (unpaired) electrons. The fraction of sp³-hybridized carbons (Fsp3) is 0.170. The number of hydrogen-bond acceptors (Lipinski definition) is 18. The monoisotopic (exact) mass is 1740 g/mol. The number of carbonyl (C=O) groups is 4. The molecule has 628 valence electrons. The molecule has 0 fully saturated rings. The van der Waals surface area contributed by atoms with Gasteiger partial charge in [-0.05, 0) is 196 Å². The minimum absolute atomic E-state index is 0.00987. The number of nitrogens with zero attached hydrogens (tertiary/aromatic N) is 1. The molecule has 11 aromatic carbocycles. The number of esters is 3. The molecule has 120 heavy (non-hydrogen) atoms. The van der Waals surface area contributed by atoms with Crippen molar-refractivity contribution in [2.24, 2.45) is 0 Å². The Morgan fingerprint density at radius 2 is 0.717 bits per heavy atom. The topological polar surface area (TPSA) is 243 Å². The summed E-state index contributed by atoms with van der Waals surface area (Å²) in [7, 11) is 6.95. The molecule has 0 saturated carbocycles. The second kappa shape index (κ2) is 43.0. The van der Waals surface area contributed by atoms with E-state index in [1.807, 2.05) is 6.07 Å². The number of carbonyl (C=O) groups excluding carboxylic acids is 3. The van der Waals surface area contributed by atoms with E-state index in [0.717, 1.165) is 40.8 Å². The Morgan fingerprint density at radius 1 is 0.350 bits per heavy atom. The second-order valence-electron chi connectivity index (χ2n) is 25.1. The van der Waals surface area contributed by atoms with Gasteiger partial charge in [0, 0.05) is 22.3 Å². The number of pyridine rings is 1. The SMILES string of the molecule is COC(=O)Cc1cccc(O)c1.COC(=O)Cc1cccc(Oc2ccc(O)c(C(F)(F)F)c2)c1.COC(=O)Cc1cccc(Oc2ccc(OCc3ccc(OC)cc3)c(C(F)(F)F)c2)c1.COc1ccc(COc2ccc(Br)cc2C(F)(F)F)cc1.O=C(O)Cc1cccc(Oc2ccc(Oc3cccc4ccncc34)c(C(F)(F)F)c2)c1. The van der Waals surface area contributed by atoms with Crippen LogP contribution < -0.4 is 37.9 Å². The van der Waals surface area contributed by atoms with Crippen LogP contribution in [0.4, 0.5) is 52.7 Å². The van der Waals surface area contributed by atoms with Crippen LogP contribution in [0.2, 0.25) is 0 Å². The summed E-state index contributed by atoms with van der Waals surface area (Å²) in [6.07, 6.45) is -15.3. The van der Waals surface area contributed by atoms with Gasteiger partial charge in [0.25, 0.3) is 0 Å². The summed E-state index contributed by atoms with van der Waals surface area (Å²) in [5.41, 5.74) is -0.0437. The maximum atomic E-state index is 13.8. The first-order chi connectivity index (χ1) is 57.0. The second-order valence-corrected chi connectivity index (χ2v) is 26.0. The van der Waals surface area contributed by atoms with Crippen molar-refractivity contribution in [3.05, 3.63) is 315 Å². The summed E-state index contributed by atoms with van der Waals surface area (Å²) < 4.78 is 216. The van der Waals surface area contributed by atoms with Crippen LogP contribution >= 0.6 is 15.9 Å². The Kier molecular flexibility index (Phi) is 32.9. The van der Waals surface area contributed by atoms with Gasteiger partial charge in [-0.3, -0.25) is 24.2 Å². The minimum Gasteiger partial charge on any atom is -0.508 e. The Bertz CT molecular complexity index is 5430. The number of aromatic hydroxyl groups is 2. The lowest BCUT2D eigenvalue weighted by Crippen LogP contribution is -2.09. The van der Waals surface area contributed by atoms with Crippen molar-refractivity contribution in [3.8, 4) is 80.5 Å². The number of aliphatic carboxylic acids is 1. The van der Waals surface area contributed by atoms with E-state index < -0.39 is 70.6 Å². The van der Waals surface area contributed by atoms with E-state index >= 15 is 0 Å². The molecule has 32 heteroatoms. The van der Waals surface area contributed by atoms with Crippen molar-refractivity contribution in [2.45, 2.75) is 63.6 Å². The van der Waals surface area contributed by atoms with Gasteiger partial charge in [-0.25, -0.2) is 0 Å². The van der Waals surface area contributed by atoms with Crippen LogP contribution in [0.1, 0.15) is 55.6 Å². The molecular weight excluding hydrogens is 1670 g/mol. The van der Waals surface area contributed by atoms with E-state index in [0.29, 0.717) is 55.4 Å². The molecule has 0 aliphatic rings. The number of hydrogen-bond donors (Lipinski definition) is 3. The van der Waals surface area contributed by atoms with Crippen LogP contribution in [-0.2, 0) is 97.0 Å². The van der Waals surface area contributed by atoms with Crippen molar-refractivity contribution < 1.29 is 139 Å². The van der Waals surface area contributed by atoms with Crippen LogP contribution in [-0.4, -0.2) is 79.7 Å². The molecule has 12 rings (SSSR count). The Morgan fingerprint density at radius 3 is 1.14 bits per heavy atom. The van der Waals surface area contributed by atoms with E-state index in [1.165, 1.54) is 101 Å². The average Bonchev–Trinajstić information content (AvgIpc) is 0.816. The van der Waals surface area contributed by atoms with Crippen molar-refractivity contribution in [3.63, 3.8) is 0 Å². The van der Waals surface area contributed by atoms with Gasteiger partial charge in [0.15, 0.2) is 0 Å². The predicted molar refractivity (Wildman–Crippen MR) is 418 cm³/mol. The number of rotatable bonds is 24. The first-order valence-corrected chi connectivity index (χ1v) is 36.0. The van der Waals surface area contributed by atoms with Crippen LogP contribution in [0.3, 0.4) is 0 Å². The first-order valence-electron chi connectivity index (χ1n) is 35.2. The summed E-state index contributed by atoms with van der Waals surface area (Å²) in [6.45, 7) is 0.0115. The van der Waals surface area contributed by atoms with E-state index in [-0.39, 0.29) is 102 Å². The summed E-state index contributed by atoms with van der Waals surface area (Å²) >= 11 is 3.03. The molecule has 1 aromatic heterocycles. The number of methoxy groups -OCH3 is 5. The first kappa shape index (κ1) is 91.9. The molecule has 0 amide bonds. The van der Waals surface area contributed by atoms with Crippen LogP contribution in [0.15, 0.2) is 260 Å². The highest BCUT2D eigenvalue weighted by Crippen LogP contribution is 2.45. The number of phenols is 2. The van der Waals surface area contributed by atoms with Crippen molar-refractivity contribution in [2.75, 3.05) is 35.5 Å². The number of fused-ring (bicyclic) bond motifs is 1. The summed E-state index contributed by atoms with van der Waals surface area (Å²) in [6, 6.07) is 59.7. The summed E-state index contributed by atoms with van der Waals surface area (Å²) in [4.78, 5) is 48.3. The Hall–Kier alpha value is -13.7. The highest BCUT2D eigenvalue weighted by molar-refractivity contribution is 9.10. The molecule has 0 unspecified atom stereocenters. The molecule has 12 aromatic rings. The number of halogens is 13. The Balaban J connectivity index is 0.000000193. The van der Waals surface area contributed by atoms with E-state index in [2.05, 4.69) is 35.1 Å². The highest BCUT2D eigenvalue weighted by atomic mass is 79.9. The van der Waals surface area contributed by atoms with Gasteiger partial charge in [0.1, 0.15) is 110 Å². The van der Waals surface area contributed by atoms with Crippen molar-refractivity contribution in [1.29, 1.82) is 0 Å². The van der Waals surface area contributed by atoms with Crippen LogP contribution in [0, 0.1) is 0 Å². The molecule has 3 N–H and O–H groups in total. The van der Waals surface area contributed by atoms with Crippen molar-refractivity contribution >= 4 is 50.6 Å². The minimum atomic E-state index is -4.69. The smallest absolute Gasteiger partial charge is 0.420 e. The molecule has 0 atom stereocenters. The molecule has 19 nitrogen and oxygen atoms in total. The predicted octanol–water partition coefficient (Wildman–Crippen LogP) is 22.3. The van der Waals surface area contributed by atoms with E-state index in [9.17, 15) is 77.0 Å². The summed E-state index contributed by atoms with van der Waals surface area (Å²) in [5, 5.41) is 28.6. The number of carboxylic acid groups (broad SMARTS) is 1. The van der Waals surface area contributed by atoms with Gasteiger partial charge >= 0.3 is 48.6 Å². The maximum absolute atomic E-state index is 13.8. The fourth-order valence-corrected chi connectivity index (χ4v) is 11.0. The zero-order valence-electron chi connectivity index (χ0n) is 63.8. The lowest BCUT2D eigenvalue weighted by atomic mass is 10.1. The number of carboxylic acids is 1. The van der Waals surface area contributed by atoms with E-state index in [1.54, 1.807) is 153 Å². The third-order valence-electron chi connectivity index (χ3n) is 16.4. The van der Waals surface area contributed by atoms with Gasteiger partial charge in [-0.15, -0.1) is 0 Å². The molecule has 1 heterocycles. The average molecular weight is 1740 g/mol. The number of aromatic nitrogens is 1. The van der Waals surface area contributed by atoms with Gasteiger partial charge in [0.2, 0.25) is 0 Å². The Labute approximate surface area is 686 Å². The number of phenolic OH excluding ortho intramolecular Hbond substituents is 2. The van der Waals surface area contributed by atoms with Crippen molar-refractivity contribution in [1.82, 2.24) is 4.98 Å². The summed E-state index contributed by atoms with van der Waals surface area (Å²) in [5.74, 6) is -1.56. The van der Waals surface area contributed by atoms with Crippen LogP contribution in [0.25, 0.3) is 10.8 Å². The maximum Gasteiger partial charge on any atom is 0.420 e. The largest absolute Gasteiger partial charge is 0.508 e. The highest BCUT2D eigenvalue weighted by Gasteiger charge is 2.38. The third kappa shape index (κ3) is 29.2. The van der Waals surface area contributed by atoms with Gasteiger partial charge in [0.05, 0.1) is 66.8 Å². The normalized spacial score (nSPS) is 11.0. The van der Waals surface area contributed by atoms with Gasteiger partial charge in [-0.2, -0.15) is 52.7 Å². The lowest BCUT2D eigenvalue weighted by molar-refractivity contribution is -0.140. The zero-order chi connectivity index (χ0) is 87.3. The third-order valence-corrected chi connectivity index (χ3v) is 16.9.